The van der Waals surface area contributed by atoms with E-state index >= 15 is 0 Å². The Morgan fingerprint density at radius 1 is 1.11 bits per heavy atom. The molecule has 7 heteroatoms. The number of pyridine rings is 1. The van der Waals surface area contributed by atoms with E-state index in [1.807, 2.05) is 23.1 Å². The predicted octanol–water partition coefficient (Wildman–Crippen LogP) is 2.59. The molecule has 0 radical (unpaired) electrons. The largest absolute Gasteiger partial charge is 0.454 e. The molecule has 28 heavy (non-hydrogen) atoms. The number of hydrogen-bond acceptors (Lipinski definition) is 6. The summed E-state index contributed by atoms with van der Waals surface area (Å²) in [5.41, 5.74) is 2.74. The van der Waals surface area contributed by atoms with E-state index in [2.05, 4.69) is 28.2 Å². The topological polar surface area (TPSA) is 66.9 Å². The second kappa shape index (κ2) is 8.48. The van der Waals surface area contributed by atoms with Crippen molar-refractivity contribution in [3.8, 4) is 11.5 Å². The van der Waals surface area contributed by atoms with Gasteiger partial charge in [-0.25, -0.2) is 0 Å². The molecule has 0 spiro atoms. The number of ether oxygens (including phenoxy) is 2. The van der Waals surface area contributed by atoms with Gasteiger partial charge in [0, 0.05) is 51.7 Å². The molecule has 148 valence electrons. The number of carbonyl (C=O) groups is 1. The summed E-state index contributed by atoms with van der Waals surface area (Å²) in [6.07, 6.45) is 4.44. The van der Waals surface area contributed by atoms with Gasteiger partial charge >= 0.3 is 0 Å². The molecule has 0 unspecified atom stereocenters. The Morgan fingerprint density at radius 2 is 1.93 bits per heavy atom. The quantitative estimate of drug-likeness (QED) is 0.828. The Hall–Kier alpha value is -2.80. The van der Waals surface area contributed by atoms with Crippen LogP contribution in [0, 0.1) is 0 Å². The van der Waals surface area contributed by atoms with E-state index in [0.29, 0.717) is 12.4 Å². The highest BCUT2D eigenvalue weighted by Gasteiger charge is 2.23. The minimum Gasteiger partial charge on any atom is -0.454 e. The van der Waals surface area contributed by atoms with Crippen molar-refractivity contribution in [3.63, 3.8) is 0 Å². The lowest BCUT2D eigenvalue weighted by molar-refractivity contribution is 0.0628. The van der Waals surface area contributed by atoms with Crippen LogP contribution in [0.1, 0.15) is 29.3 Å². The maximum atomic E-state index is 12.8. The van der Waals surface area contributed by atoms with Crippen LogP contribution in [0.2, 0.25) is 0 Å². The zero-order chi connectivity index (χ0) is 19.3. The molecule has 1 saturated heterocycles. The second-order valence-electron chi connectivity index (χ2n) is 7.15. The fraction of sp³-hybridized carbons (Fsp3) is 0.429. The highest BCUT2D eigenvalue weighted by molar-refractivity contribution is 5.94. The highest BCUT2D eigenvalue weighted by Crippen LogP contribution is 2.32. The molecule has 3 heterocycles. The third kappa shape index (κ3) is 4.20. The van der Waals surface area contributed by atoms with E-state index in [0.717, 1.165) is 62.9 Å². The molecule has 0 saturated carbocycles. The molecule has 1 aromatic carbocycles. The smallest absolute Gasteiger partial charge is 0.255 e. The maximum absolute atomic E-state index is 12.8. The molecule has 0 aliphatic carbocycles. The molecule has 1 aromatic heterocycles. The Bertz CT molecular complexity index is 834. The zero-order valence-electron chi connectivity index (χ0n) is 16.2. The number of nitrogens with one attached hydrogen (secondary N) is 1. The minimum absolute atomic E-state index is 0.0513. The summed E-state index contributed by atoms with van der Waals surface area (Å²) in [5.74, 6) is 1.68. The number of benzene rings is 1. The third-order valence-electron chi connectivity index (χ3n) is 5.07. The standard InChI is InChI=1S/C21H26N4O3/c1-2-5-23-18-11-17(12-22-13-18)21(26)25-8-6-24(7-9-25)14-16-3-4-19-20(10-16)28-15-27-19/h3-4,10-13,23H,2,5-9,14-15H2,1H3. The van der Waals surface area contributed by atoms with Gasteiger partial charge in [-0.15, -0.1) is 0 Å². The van der Waals surface area contributed by atoms with Crippen molar-refractivity contribution >= 4 is 11.6 Å². The van der Waals surface area contributed by atoms with Crippen LogP contribution in [-0.2, 0) is 6.54 Å². The van der Waals surface area contributed by atoms with E-state index in [4.69, 9.17) is 9.47 Å². The zero-order valence-corrected chi connectivity index (χ0v) is 16.2. The molecule has 4 rings (SSSR count). The van der Waals surface area contributed by atoms with Gasteiger partial charge in [0.2, 0.25) is 6.79 Å². The Balaban J connectivity index is 1.32. The molecule has 1 fully saturated rings. The number of hydrogen-bond donors (Lipinski definition) is 1. The number of fused-ring (bicyclic) bond motifs is 1. The lowest BCUT2D eigenvalue weighted by Crippen LogP contribution is -2.48. The SMILES string of the molecule is CCCNc1cncc(C(=O)N2CCN(Cc3ccc4c(c3)OCO4)CC2)c1. The molecule has 1 N–H and O–H groups in total. The number of nitrogens with zero attached hydrogens (tertiary/aromatic N) is 3. The first-order valence-corrected chi connectivity index (χ1v) is 9.82. The van der Waals surface area contributed by atoms with Crippen LogP contribution in [0.4, 0.5) is 5.69 Å². The molecule has 1 amide bonds. The number of piperazine rings is 1. The Labute approximate surface area is 165 Å². The fourth-order valence-electron chi connectivity index (χ4n) is 3.51. The molecule has 2 aliphatic heterocycles. The number of rotatable bonds is 6. The molecule has 2 aliphatic rings. The number of aromatic nitrogens is 1. The molecule has 0 bridgehead atoms. The van der Waals surface area contributed by atoms with E-state index in [1.165, 1.54) is 5.56 Å². The van der Waals surface area contributed by atoms with Crippen molar-refractivity contribution in [2.24, 2.45) is 0 Å². The lowest BCUT2D eigenvalue weighted by Gasteiger charge is -2.34. The molecule has 2 aromatic rings. The fourth-order valence-corrected chi connectivity index (χ4v) is 3.51. The van der Waals surface area contributed by atoms with Gasteiger partial charge in [-0.2, -0.15) is 0 Å². The Kier molecular flexibility index (Phi) is 5.62. The highest BCUT2D eigenvalue weighted by atomic mass is 16.7. The van der Waals surface area contributed by atoms with Gasteiger partial charge in [0.05, 0.1) is 11.3 Å². The van der Waals surface area contributed by atoms with Crippen LogP contribution in [0.25, 0.3) is 0 Å². The van der Waals surface area contributed by atoms with E-state index in [9.17, 15) is 4.79 Å². The van der Waals surface area contributed by atoms with Crippen molar-refractivity contribution in [3.05, 3.63) is 47.8 Å². The van der Waals surface area contributed by atoms with E-state index in [-0.39, 0.29) is 5.91 Å². The summed E-state index contributed by atoms with van der Waals surface area (Å²) in [7, 11) is 0. The number of amides is 1. The number of anilines is 1. The van der Waals surface area contributed by atoms with E-state index < -0.39 is 0 Å². The average molecular weight is 382 g/mol. The van der Waals surface area contributed by atoms with Gasteiger partial charge in [0.1, 0.15) is 0 Å². The lowest BCUT2D eigenvalue weighted by atomic mass is 10.1. The first-order valence-electron chi connectivity index (χ1n) is 9.82. The predicted molar refractivity (Wildman–Crippen MR) is 107 cm³/mol. The average Bonchev–Trinajstić information content (AvgIpc) is 3.20. The van der Waals surface area contributed by atoms with Crippen LogP contribution >= 0.6 is 0 Å². The summed E-state index contributed by atoms with van der Waals surface area (Å²) in [6.45, 7) is 7.26. The van der Waals surface area contributed by atoms with Crippen LogP contribution in [0.15, 0.2) is 36.7 Å². The van der Waals surface area contributed by atoms with Crippen molar-refractivity contribution in [2.45, 2.75) is 19.9 Å². The Morgan fingerprint density at radius 3 is 2.75 bits per heavy atom. The molecule has 0 atom stereocenters. The van der Waals surface area contributed by atoms with Crippen molar-refractivity contribution in [1.82, 2.24) is 14.8 Å². The van der Waals surface area contributed by atoms with E-state index in [1.54, 1.807) is 12.4 Å². The van der Waals surface area contributed by atoms with Crippen molar-refractivity contribution in [1.29, 1.82) is 0 Å². The first kappa shape index (κ1) is 18.6. The van der Waals surface area contributed by atoms with Crippen molar-refractivity contribution in [2.75, 3.05) is 44.8 Å². The molecular formula is C21H26N4O3. The number of carbonyl (C=O) groups excluding carboxylic acids is 1. The monoisotopic (exact) mass is 382 g/mol. The molecule has 7 nitrogen and oxygen atoms in total. The summed E-state index contributed by atoms with van der Waals surface area (Å²) in [6, 6.07) is 7.97. The second-order valence-corrected chi connectivity index (χ2v) is 7.15. The van der Waals surface area contributed by atoms with Gasteiger partial charge in [-0.3, -0.25) is 14.7 Å². The van der Waals surface area contributed by atoms with Gasteiger partial charge < -0.3 is 19.7 Å². The van der Waals surface area contributed by atoms with Crippen LogP contribution < -0.4 is 14.8 Å². The van der Waals surface area contributed by atoms with Gasteiger partial charge in [0.25, 0.3) is 5.91 Å². The summed E-state index contributed by atoms with van der Waals surface area (Å²) in [4.78, 5) is 21.3. The van der Waals surface area contributed by atoms with Crippen LogP contribution in [0.5, 0.6) is 11.5 Å². The summed E-state index contributed by atoms with van der Waals surface area (Å²) < 4.78 is 10.8. The van der Waals surface area contributed by atoms with Crippen molar-refractivity contribution < 1.29 is 14.3 Å². The minimum atomic E-state index is 0.0513. The third-order valence-corrected chi connectivity index (χ3v) is 5.07. The maximum Gasteiger partial charge on any atom is 0.255 e. The van der Waals surface area contributed by atoms with Gasteiger partial charge in [0.15, 0.2) is 11.5 Å². The molecular weight excluding hydrogens is 356 g/mol. The normalized spacial score (nSPS) is 16.2. The first-order chi connectivity index (χ1) is 13.7. The van der Waals surface area contributed by atoms with Gasteiger partial charge in [-0.05, 0) is 30.2 Å². The van der Waals surface area contributed by atoms with Gasteiger partial charge in [-0.1, -0.05) is 13.0 Å². The summed E-state index contributed by atoms with van der Waals surface area (Å²) in [5, 5.41) is 3.28. The summed E-state index contributed by atoms with van der Waals surface area (Å²) >= 11 is 0. The van der Waals surface area contributed by atoms with Crippen LogP contribution in [-0.4, -0.2) is 60.2 Å². The van der Waals surface area contributed by atoms with Crippen LogP contribution in [0.3, 0.4) is 0 Å².